The molecule has 168 valence electrons. The van der Waals surface area contributed by atoms with E-state index in [-0.39, 0.29) is 17.0 Å². The molecule has 1 saturated heterocycles. The van der Waals surface area contributed by atoms with E-state index in [1.807, 2.05) is 48.5 Å². The average molecular weight is 464 g/mol. The van der Waals surface area contributed by atoms with Crippen molar-refractivity contribution >= 4 is 29.1 Å². The third-order valence-electron chi connectivity index (χ3n) is 4.89. The topological polar surface area (TPSA) is 72.3 Å². The number of nitrogens with one attached hydrogen (secondary N) is 1. The van der Waals surface area contributed by atoms with Crippen LogP contribution in [0.4, 0.5) is 4.39 Å². The normalized spacial score (nSPS) is 16.8. The molecule has 3 aromatic carbocycles. The number of nitrogens with zero attached hydrogens (tertiary/aromatic N) is 2. The summed E-state index contributed by atoms with van der Waals surface area (Å²) in [6.07, 6.45) is 2.07. The Morgan fingerprint density at radius 2 is 1.82 bits per heavy atom. The van der Waals surface area contributed by atoms with E-state index in [4.69, 9.17) is 9.47 Å². The molecule has 0 aromatic heterocycles. The molecule has 1 fully saturated rings. The van der Waals surface area contributed by atoms with Gasteiger partial charge in [0, 0.05) is 0 Å². The zero-order valence-electron chi connectivity index (χ0n) is 17.9. The molecular weight excluding hydrogens is 441 g/mol. The number of rotatable bonds is 8. The van der Waals surface area contributed by atoms with Crippen molar-refractivity contribution in [3.8, 4) is 11.5 Å². The Kier molecular flexibility index (Phi) is 7.36. The Hall–Kier alpha value is -3.65. The van der Waals surface area contributed by atoms with Gasteiger partial charge in [0.1, 0.15) is 12.4 Å². The Labute approximate surface area is 195 Å². The summed E-state index contributed by atoms with van der Waals surface area (Å²) in [5, 5.41) is 11.0. The number of hydrogen-bond donors (Lipinski definition) is 1. The highest BCUT2D eigenvalue weighted by Crippen LogP contribution is 2.28. The average Bonchev–Trinajstić information content (AvgIpc) is 3.19. The number of benzene rings is 3. The molecule has 4 rings (SSSR count). The van der Waals surface area contributed by atoms with Crippen molar-refractivity contribution in [1.82, 2.24) is 5.32 Å². The zero-order valence-corrected chi connectivity index (χ0v) is 18.7. The van der Waals surface area contributed by atoms with E-state index in [9.17, 15) is 9.18 Å². The Bertz CT molecular complexity index is 1170. The third-order valence-corrected chi connectivity index (χ3v) is 5.96. The van der Waals surface area contributed by atoms with E-state index in [1.165, 1.54) is 23.9 Å². The van der Waals surface area contributed by atoms with E-state index in [1.54, 1.807) is 25.5 Å². The fraction of sp³-hybridized carbons (Fsp3) is 0.160. The van der Waals surface area contributed by atoms with Crippen molar-refractivity contribution in [2.45, 2.75) is 18.3 Å². The van der Waals surface area contributed by atoms with Crippen LogP contribution in [0.2, 0.25) is 0 Å². The van der Waals surface area contributed by atoms with Crippen LogP contribution in [0.15, 0.2) is 83.0 Å². The number of carbonyl (C=O) groups is 1. The Balaban J connectivity index is 1.36. The maximum atomic E-state index is 13.1. The maximum absolute atomic E-state index is 13.1. The highest BCUT2D eigenvalue weighted by Gasteiger charge is 2.30. The maximum Gasteiger partial charge on any atom is 0.239 e. The van der Waals surface area contributed by atoms with Crippen LogP contribution in [0.3, 0.4) is 0 Å². The summed E-state index contributed by atoms with van der Waals surface area (Å²) in [5.74, 6) is 0.781. The van der Waals surface area contributed by atoms with Crippen LogP contribution < -0.4 is 14.8 Å². The molecule has 1 N–H and O–H groups in total. The summed E-state index contributed by atoms with van der Waals surface area (Å²) in [6, 6.07) is 21.5. The lowest BCUT2D eigenvalue weighted by atomic mass is 10.1. The van der Waals surface area contributed by atoms with Gasteiger partial charge in [-0.3, -0.25) is 4.79 Å². The number of ether oxygens (including phenoxy) is 2. The Morgan fingerprint density at radius 3 is 2.58 bits per heavy atom. The van der Waals surface area contributed by atoms with Gasteiger partial charge in [-0.25, -0.2) is 4.39 Å². The van der Waals surface area contributed by atoms with Crippen LogP contribution in [0.5, 0.6) is 11.5 Å². The summed E-state index contributed by atoms with van der Waals surface area (Å²) in [4.78, 5) is 12.2. The van der Waals surface area contributed by atoms with Gasteiger partial charge in [0.2, 0.25) is 5.91 Å². The van der Waals surface area contributed by atoms with Crippen molar-refractivity contribution in [3.63, 3.8) is 0 Å². The second-order valence-corrected chi connectivity index (χ2v) is 8.45. The first-order valence-electron chi connectivity index (χ1n) is 10.3. The van der Waals surface area contributed by atoms with E-state index in [2.05, 4.69) is 15.5 Å². The summed E-state index contributed by atoms with van der Waals surface area (Å²) in [5.41, 5.74) is 2.73. The molecule has 0 spiro atoms. The standard InChI is InChI=1S/C25H22FN3O3S/c1-31-22-13-19(9-12-21(22)32-16-18-5-3-2-4-6-18)15-27-29-25-28-24(30)23(33-25)14-17-7-10-20(26)11-8-17/h2-13,15,23H,14,16H2,1H3,(H,28,29,30)/b27-15+. The van der Waals surface area contributed by atoms with E-state index in [0.29, 0.717) is 29.7 Å². The van der Waals surface area contributed by atoms with Crippen LogP contribution in [0, 0.1) is 5.82 Å². The highest BCUT2D eigenvalue weighted by molar-refractivity contribution is 8.15. The van der Waals surface area contributed by atoms with Gasteiger partial charge in [0.25, 0.3) is 0 Å². The van der Waals surface area contributed by atoms with Crippen LogP contribution in [-0.4, -0.2) is 29.6 Å². The largest absolute Gasteiger partial charge is 0.493 e. The van der Waals surface area contributed by atoms with Gasteiger partial charge in [-0.1, -0.05) is 54.2 Å². The van der Waals surface area contributed by atoms with Gasteiger partial charge in [0.05, 0.1) is 18.6 Å². The predicted molar refractivity (Wildman–Crippen MR) is 128 cm³/mol. The lowest BCUT2D eigenvalue weighted by molar-refractivity contribution is -0.118. The number of hydrogen-bond acceptors (Lipinski definition) is 6. The first-order valence-corrected chi connectivity index (χ1v) is 11.2. The van der Waals surface area contributed by atoms with Gasteiger partial charge >= 0.3 is 0 Å². The molecule has 1 aliphatic heterocycles. The molecule has 0 aliphatic carbocycles. The van der Waals surface area contributed by atoms with Gasteiger partial charge in [0.15, 0.2) is 16.7 Å². The molecule has 1 unspecified atom stereocenters. The van der Waals surface area contributed by atoms with Crippen LogP contribution in [-0.2, 0) is 17.8 Å². The predicted octanol–water partition coefficient (Wildman–Crippen LogP) is 4.58. The summed E-state index contributed by atoms with van der Waals surface area (Å²) < 4.78 is 24.4. The van der Waals surface area contributed by atoms with Gasteiger partial charge in [-0.15, -0.1) is 5.10 Å². The van der Waals surface area contributed by atoms with E-state index < -0.39 is 0 Å². The SMILES string of the molecule is COc1cc(/C=N/N=C2\NC(=O)C(Cc3ccc(F)cc3)S2)ccc1OCc1ccccc1. The van der Waals surface area contributed by atoms with Crippen molar-refractivity contribution in [2.75, 3.05) is 7.11 Å². The summed E-state index contributed by atoms with van der Waals surface area (Å²) in [6.45, 7) is 0.439. The molecule has 1 heterocycles. The number of amidine groups is 1. The number of amides is 1. The molecule has 8 heteroatoms. The van der Waals surface area contributed by atoms with Crippen molar-refractivity contribution in [2.24, 2.45) is 10.2 Å². The van der Waals surface area contributed by atoms with E-state index in [0.717, 1.165) is 16.7 Å². The van der Waals surface area contributed by atoms with Gasteiger partial charge in [-0.05, 0) is 53.4 Å². The molecule has 33 heavy (non-hydrogen) atoms. The van der Waals surface area contributed by atoms with Gasteiger partial charge in [-0.2, -0.15) is 5.10 Å². The molecule has 0 bridgehead atoms. The molecule has 6 nitrogen and oxygen atoms in total. The lowest BCUT2D eigenvalue weighted by Gasteiger charge is -2.11. The lowest BCUT2D eigenvalue weighted by Crippen LogP contribution is -2.25. The van der Waals surface area contributed by atoms with Crippen LogP contribution in [0.25, 0.3) is 0 Å². The zero-order chi connectivity index (χ0) is 23.0. The number of halogens is 1. The fourth-order valence-corrected chi connectivity index (χ4v) is 4.15. The van der Waals surface area contributed by atoms with Crippen molar-refractivity contribution < 1.29 is 18.7 Å². The summed E-state index contributed by atoms with van der Waals surface area (Å²) >= 11 is 1.30. The molecule has 3 aromatic rings. The molecule has 1 amide bonds. The smallest absolute Gasteiger partial charge is 0.239 e. The molecule has 1 atom stereocenters. The van der Waals surface area contributed by atoms with Gasteiger partial charge < -0.3 is 14.8 Å². The van der Waals surface area contributed by atoms with Crippen LogP contribution in [0.1, 0.15) is 16.7 Å². The van der Waals surface area contributed by atoms with Crippen molar-refractivity contribution in [1.29, 1.82) is 0 Å². The molecule has 0 saturated carbocycles. The third kappa shape index (κ3) is 6.20. The number of carbonyl (C=O) groups excluding carboxylic acids is 1. The minimum absolute atomic E-state index is 0.139. The first-order chi connectivity index (χ1) is 16.1. The minimum atomic E-state index is -0.328. The van der Waals surface area contributed by atoms with Crippen molar-refractivity contribution in [3.05, 3.63) is 95.3 Å². The second kappa shape index (κ2) is 10.8. The minimum Gasteiger partial charge on any atom is -0.493 e. The second-order valence-electron chi connectivity index (χ2n) is 7.26. The highest BCUT2D eigenvalue weighted by atomic mass is 32.2. The monoisotopic (exact) mass is 463 g/mol. The fourth-order valence-electron chi connectivity index (χ4n) is 3.19. The quantitative estimate of drug-likeness (QED) is 0.392. The first kappa shape index (κ1) is 22.5. The Morgan fingerprint density at radius 1 is 1.03 bits per heavy atom. The molecular formula is C25H22FN3O3S. The molecule has 0 radical (unpaired) electrons. The number of methoxy groups -OCH3 is 1. The molecule has 1 aliphatic rings. The van der Waals surface area contributed by atoms with Crippen LogP contribution >= 0.6 is 11.8 Å². The summed E-state index contributed by atoms with van der Waals surface area (Å²) in [7, 11) is 1.58. The van der Waals surface area contributed by atoms with E-state index >= 15 is 0 Å². The number of thioether (sulfide) groups is 1.